The molecule has 0 bridgehead atoms. The van der Waals surface area contributed by atoms with Gasteiger partial charge in [0, 0.05) is 9.52 Å². The van der Waals surface area contributed by atoms with Crippen LogP contribution in [-0.2, 0) is 20.8 Å². The first-order valence-corrected chi connectivity index (χ1v) is 16.7. The molecule has 0 spiro atoms. The summed E-state index contributed by atoms with van der Waals surface area (Å²) in [5.74, 6) is -0.629. The predicted molar refractivity (Wildman–Crippen MR) is 116 cm³/mol. The van der Waals surface area contributed by atoms with Crippen LogP contribution >= 0.6 is 33.0 Å². The number of hydrogen-bond donors (Lipinski definition) is 0. The Balaban J connectivity index is 0.000000376. The van der Waals surface area contributed by atoms with Crippen LogP contribution in [0, 0.1) is 6.92 Å². The number of nitrogens with one attached hydrogen (secondary N) is 1. The quantitative estimate of drug-likeness (QED) is 0.227. The fourth-order valence-corrected chi connectivity index (χ4v) is 2.43. The summed E-state index contributed by atoms with van der Waals surface area (Å²) in [6.45, 7) is 6.42. The molecule has 0 saturated heterocycles. The van der Waals surface area contributed by atoms with Gasteiger partial charge in [0.25, 0.3) is 0 Å². The van der Waals surface area contributed by atoms with Crippen molar-refractivity contribution in [1.29, 1.82) is 0 Å². The predicted octanol–water partition coefficient (Wildman–Crippen LogP) is 7.67. The number of halogens is 3. The summed E-state index contributed by atoms with van der Waals surface area (Å²) in [7, 11) is 11.0. The second kappa shape index (κ2) is 15.7. The van der Waals surface area contributed by atoms with Gasteiger partial charge < -0.3 is 10.5 Å². The van der Waals surface area contributed by atoms with Gasteiger partial charge in [0.1, 0.15) is 0 Å². The molecule has 0 aliphatic rings. The van der Waals surface area contributed by atoms with Gasteiger partial charge in [-0.2, -0.15) is 6.07 Å². The van der Waals surface area contributed by atoms with E-state index in [-0.39, 0.29) is 0 Å². The Hall–Kier alpha value is -0.320. The molecule has 1 amide bonds. The van der Waals surface area contributed by atoms with Crippen LogP contribution in [0.25, 0.3) is 16.5 Å². The van der Waals surface area contributed by atoms with Crippen LogP contribution < -0.4 is 0 Å². The SMILES string of the molecule is C[Si]C.Cc1cc2c(Br)cccc2[cH-]1.[Cl][Zr+2][Cl].[NH-]C(=O)c1ccccc1. The van der Waals surface area contributed by atoms with Gasteiger partial charge >= 0.3 is 37.9 Å². The normalized spacial score (nSPS) is 8.69. The van der Waals surface area contributed by atoms with Crippen LogP contribution in [0.3, 0.4) is 0 Å². The van der Waals surface area contributed by atoms with Gasteiger partial charge in [0.15, 0.2) is 0 Å². The Morgan fingerprint density at radius 3 is 2.08 bits per heavy atom. The molecular weight excluding hydrogens is 528 g/mol. The van der Waals surface area contributed by atoms with Crippen molar-refractivity contribution in [3.8, 4) is 0 Å². The first-order chi connectivity index (χ1) is 12.4. The third-order valence-electron chi connectivity index (χ3n) is 2.88. The molecular formula is C19H20BrCl2NOSiZr. The Kier molecular flexibility index (Phi) is 15.5. The van der Waals surface area contributed by atoms with Crippen LogP contribution in [-0.4, -0.2) is 15.4 Å². The van der Waals surface area contributed by atoms with Crippen LogP contribution in [0.5, 0.6) is 0 Å². The fourth-order valence-electron chi connectivity index (χ4n) is 1.94. The minimum absolute atomic E-state index is 0.442. The minimum Gasteiger partial charge on any atom is -0.664 e. The van der Waals surface area contributed by atoms with Gasteiger partial charge in [-0.15, -0.1) is 34.5 Å². The zero-order valence-electron chi connectivity index (χ0n) is 14.8. The second-order valence-corrected chi connectivity index (χ2v) is 10.6. The van der Waals surface area contributed by atoms with E-state index in [1.807, 2.05) is 6.07 Å². The Morgan fingerprint density at radius 2 is 1.65 bits per heavy atom. The average Bonchev–Trinajstić information content (AvgIpc) is 3.00. The van der Waals surface area contributed by atoms with Gasteiger partial charge in [-0.1, -0.05) is 72.3 Å². The van der Waals surface area contributed by atoms with E-state index >= 15 is 0 Å². The first-order valence-electron chi connectivity index (χ1n) is 7.58. The van der Waals surface area contributed by atoms with Crippen molar-refractivity contribution in [2.24, 2.45) is 0 Å². The van der Waals surface area contributed by atoms with E-state index in [0.29, 0.717) is 5.56 Å². The zero-order chi connectivity index (χ0) is 19.9. The molecule has 3 rings (SSSR count). The van der Waals surface area contributed by atoms with E-state index in [1.54, 1.807) is 24.3 Å². The Morgan fingerprint density at radius 1 is 1.12 bits per heavy atom. The first kappa shape index (κ1) is 25.7. The molecule has 2 nitrogen and oxygen atoms in total. The molecule has 0 unspecified atom stereocenters. The van der Waals surface area contributed by atoms with Crippen LogP contribution in [0.1, 0.15) is 15.9 Å². The van der Waals surface area contributed by atoms with Crippen LogP contribution in [0.4, 0.5) is 0 Å². The number of carbonyl (C=O) groups excluding carboxylic acids is 1. The van der Waals surface area contributed by atoms with E-state index < -0.39 is 26.8 Å². The molecule has 0 fully saturated rings. The maximum absolute atomic E-state index is 10.3. The van der Waals surface area contributed by atoms with Crippen molar-refractivity contribution in [2.45, 2.75) is 20.0 Å². The van der Waals surface area contributed by atoms with Gasteiger partial charge in [-0.05, 0) is 10.0 Å². The van der Waals surface area contributed by atoms with Crippen molar-refractivity contribution in [1.82, 2.24) is 0 Å². The van der Waals surface area contributed by atoms with Crippen molar-refractivity contribution in [3.05, 3.63) is 82.0 Å². The van der Waals surface area contributed by atoms with Gasteiger partial charge in [0.2, 0.25) is 0 Å². The molecule has 7 heteroatoms. The van der Waals surface area contributed by atoms with E-state index in [4.69, 9.17) is 22.8 Å². The summed E-state index contributed by atoms with van der Waals surface area (Å²) in [6, 6.07) is 19.2. The van der Waals surface area contributed by atoms with Gasteiger partial charge in [-0.3, -0.25) is 0 Å². The Bertz CT molecular complexity index is 767. The third-order valence-corrected chi connectivity index (χ3v) is 3.57. The molecule has 0 aliphatic heterocycles. The summed E-state index contributed by atoms with van der Waals surface area (Å²) in [5, 5.41) is 2.63. The third kappa shape index (κ3) is 10.7. The molecule has 3 aromatic rings. The molecule has 0 aromatic heterocycles. The van der Waals surface area contributed by atoms with Crippen molar-refractivity contribution in [2.75, 3.05) is 0 Å². The van der Waals surface area contributed by atoms with E-state index in [9.17, 15) is 4.79 Å². The monoisotopic (exact) mass is 545 g/mol. The van der Waals surface area contributed by atoms with Crippen molar-refractivity contribution in [3.63, 3.8) is 0 Å². The number of fused-ring (bicyclic) bond motifs is 1. The van der Waals surface area contributed by atoms with E-state index in [2.05, 4.69) is 66.3 Å². The minimum atomic E-state index is -0.826. The zero-order valence-corrected chi connectivity index (χ0v) is 21.4. The second-order valence-electron chi connectivity index (χ2n) is 5.04. The van der Waals surface area contributed by atoms with Gasteiger partial charge in [0.05, 0.1) is 5.91 Å². The summed E-state index contributed by atoms with van der Waals surface area (Å²) < 4.78 is 1.18. The standard InChI is InChI=1S/C10H8Br.C7H7NO.C2H6Si.2ClH.Zr/c1-7-5-8-3-2-4-10(11)9(8)6-7;8-7(9)6-4-2-1-3-5-6;1-3-2;;;/h2-6H,1H3;1-5H,(H2,8,9);1-2H3;2*1H;/q-1;;;;;+4/p-3. The molecule has 0 aliphatic carbocycles. The summed E-state index contributed by atoms with van der Waals surface area (Å²) in [4.78, 5) is 10.3. The number of benzene rings is 2. The number of rotatable bonds is 1. The molecule has 3 aromatic carbocycles. The number of aryl methyl sites for hydroxylation is 1. The number of carbonyl (C=O) groups is 1. The average molecular weight is 548 g/mol. The maximum atomic E-state index is 10.3. The van der Waals surface area contributed by atoms with Crippen LogP contribution in [0.2, 0.25) is 13.1 Å². The summed E-state index contributed by atoms with van der Waals surface area (Å²) in [6.07, 6.45) is 0. The van der Waals surface area contributed by atoms with Crippen molar-refractivity contribution >= 4 is 59.2 Å². The Labute approximate surface area is 185 Å². The molecule has 2 radical (unpaired) electrons. The van der Waals surface area contributed by atoms with Crippen molar-refractivity contribution < 1.29 is 25.6 Å². The van der Waals surface area contributed by atoms with Crippen LogP contribution in [0.15, 0.2) is 65.1 Å². The summed E-state index contributed by atoms with van der Waals surface area (Å²) >= 11 is 2.68. The largest absolute Gasteiger partial charge is 0.664 e. The molecule has 1 N–H and O–H groups in total. The number of amides is 1. The molecule has 0 heterocycles. The van der Waals surface area contributed by atoms with Gasteiger partial charge in [-0.25, -0.2) is 0 Å². The number of hydrogen-bond acceptors (Lipinski definition) is 1. The fraction of sp³-hybridized carbons (Fsp3) is 0.158. The molecule has 0 atom stereocenters. The molecule has 26 heavy (non-hydrogen) atoms. The maximum Gasteiger partial charge on any atom is 0.0796 e. The smallest absolute Gasteiger partial charge is 0.0796 e. The van der Waals surface area contributed by atoms with E-state index in [0.717, 1.165) is 9.52 Å². The molecule has 136 valence electrons. The molecule has 0 saturated carbocycles. The summed E-state index contributed by atoms with van der Waals surface area (Å²) in [5.41, 5.74) is 8.45. The van der Waals surface area contributed by atoms with E-state index in [1.165, 1.54) is 20.8 Å². The topological polar surface area (TPSA) is 40.9 Å².